The first kappa shape index (κ1) is 53.9. The number of fused-ring (bicyclic) bond motifs is 12. The third-order valence-electron chi connectivity index (χ3n) is 13.8. The molecule has 9 rings (SSSR count). The van der Waals surface area contributed by atoms with E-state index in [2.05, 4.69) is 27.7 Å². The molecule has 0 aliphatic rings. The lowest BCUT2D eigenvalue weighted by Gasteiger charge is -2.05. The van der Waals surface area contributed by atoms with E-state index in [-0.39, 0.29) is 23.0 Å². The minimum Gasteiger partial charge on any atom is -0.507 e. The quantitative estimate of drug-likeness (QED) is 0.0909. The van der Waals surface area contributed by atoms with Crippen molar-refractivity contribution >= 4 is 87.2 Å². The number of rotatable bonds is 12. The van der Waals surface area contributed by atoms with E-state index in [1.807, 2.05) is 97.1 Å². The fourth-order valence-electron chi connectivity index (χ4n) is 9.31. The summed E-state index contributed by atoms with van der Waals surface area (Å²) in [6.07, 6.45) is 23.9. The summed E-state index contributed by atoms with van der Waals surface area (Å²) < 4.78 is 0. The lowest BCUT2D eigenvalue weighted by molar-refractivity contribution is 0.486. The highest BCUT2D eigenvalue weighted by atomic mass is 16.3. The van der Waals surface area contributed by atoms with Gasteiger partial charge in [0.15, 0.2) is 0 Å². The number of para-hydroxylation sites is 4. The molecule has 0 unspecified atom stereocenters. The maximum Gasteiger partial charge on any atom is 0.133 e. The average Bonchev–Trinajstić information content (AvgIpc) is 3.46. The Labute approximate surface area is 454 Å². The van der Waals surface area contributed by atoms with Gasteiger partial charge in [-0.15, -0.1) is 0 Å². The summed E-state index contributed by atoms with van der Waals surface area (Å²) in [5, 5.41) is 51.8. The highest BCUT2D eigenvalue weighted by Crippen LogP contribution is 2.31. The third-order valence-corrected chi connectivity index (χ3v) is 13.8. The van der Waals surface area contributed by atoms with Gasteiger partial charge in [0.25, 0.3) is 0 Å². The van der Waals surface area contributed by atoms with Crippen LogP contribution in [-0.2, 0) is 25.7 Å². The second-order valence-electron chi connectivity index (χ2n) is 19.8. The van der Waals surface area contributed by atoms with Gasteiger partial charge in [0, 0.05) is 92.7 Å². The molecule has 78 heavy (non-hydrogen) atoms. The number of unbranched alkanes of at least 4 members (excludes halogenated alkanes) is 4. The van der Waals surface area contributed by atoms with E-state index in [0.717, 1.165) is 99.3 Å². The number of aryl methyl sites for hydroxylation is 4. The molecule has 2 aromatic heterocycles. The number of hydrogen-bond acceptors (Lipinski definition) is 12. The molecule has 0 saturated carbocycles. The van der Waals surface area contributed by atoms with Crippen LogP contribution in [0, 0.1) is 0 Å². The summed E-state index contributed by atoms with van der Waals surface area (Å²) in [5.74, 6) is 0.000692. The molecule has 4 N–H and O–H groups in total. The van der Waals surface area contributed by atoms with Gasteiger partial charge in [-0.3, -0.25) is 39.9 Å². The molecule has 0 aliphatic heterocycles. The molecule has 0 spiro atoms. The summed E-state index contributed by atoms with van der Waals surface area (Å²) in [4.78, 5) is 39.7. The van der Waals surface area contributed by atoms with Gasteiger partial charge in [-0.25, -0.2) is 0 Å². The first-order valence-corrected chi connectivity index (χ1v) is 27.2. The van der Waals surface area contributed by atoms with E-state index < -0.39 is 0 Å². The molecule has 12 heteroatoms. The van der Waals surface area contributed by atoms with Crippen molar-refractivity contribution in [1.29, 1.82) is 0 Å². The Morgan fingerprint density at radius 1 is 0.256 bits per heavy atom. The van der Waals surface area contributed by atoms with Crippen LogP contribution < -0.4 is 0 Å². The van der Waals surface area contributed by atoms with Crippen LogP contribution in [0.2, 0.25) is 0 Å². The molecule has 0 aliphatic carbocycles. The highest BCUT2D eigenvalue weighted by molar-refractivity contribution is 5.92. The smallest absolute Gasteiger partial charge is 0.133 e. The Morgan fingerprint density at radius 2 is 0.436 bits per heavy atom. The van der Waals surface area contributed by atoms with Crippen molar-refractivity contribution in [3.63, 3.8) is 0 Å². The molecule has 8 bridgehead atoms. The zero-order valence-corrected chi connectivity index (χ0v) is 44.9. The van der Waals surface area contributed by atoms with Crippen LogP contribution in [0.25, 0.3) is 87.2 Å². The van der Waals surface area contributed by atoms with E-state index in [9.17, 15) is 20.4 Å². The predicted molar refractivity (Wildman–Crippen MR) is 318 cm³/mol. The molecule has 394 valence electrons. The van der Waals surface area contributed by atoms with E-state index in [4.69, 9.17) is 39.9 Å². The van der Waals surface area contributed by atoms with Gasteiger partial charge in [-0.2, -0.15) is 0 Å². The monoisotopic (exact) mass is 1030 g/mol. The molecule has 7 aromatic carbocycles. The van der Waals surface area contributed by atoms with Crippen molar-refractivity contribution in [2.24, 2.45) is 0 Å². The number of phenolic OH excluding ortho intramolecular Hbond substituents is 4. The summed E-state index contributed by atoms with van der Waals surface area (Å²) >= 11 is 0. The SMILES string of the molecule is CCCCc1cc2cnc3ccccc3ncc3cc(CCCC)cc(cnc4cc5ncc6cc(CCCC)cc(cnc7ccccc7ncc7cc(CCCC)cc(cnc5cc4ncc(c1)c2O)c7O)c6O)c3O. The summed E-state index contributed by atoms with van der Waals surface area (Å²) in [6, 6.07) is 34.1. The Balaban J connectivity index is 1.46. The molecule has 0 saturated heterocycles. The fourth-order valence-corrected chi connectivity index (χ4v) is 9.31. The zero-order chi connectivity index (χ0) is 54.4. The Morgan fingerprint density at radius 3 is 0.615 bits per heavy atom. The fraction of sp³-hybridized carbons (Fsp3) is 0.242. The van der Waals surface area contributed by atoms with Gasteiger partial charge in [0.05, 0.1) is 44.1 Å². The number of nitrogens with zero attached hydrogens (tertiary/aromatic N) is 8. The molecule has 2 heterocycles. The molecule has 0 atom stereocenters. The standard InChI is InChI=1S/C66H66N8O4/c1-5-9-17-43-25-47-35-67-55-21-13-14-22-56(55)68-36-48-26-44(18-10-6-2)30-52(64(48)76)40-72-60-34-62-61(33-59(60)71-39-51(29-43)63(47)75)73-41-53-31-45(19-11-7-3)27-49(65(53)77)37-69-57-23-15-16-24-58(57)70-38-50-28-46(20-12-8-4)32-54(42-74-62)66(50)78/h13-16,21-42,75-78H,5-12,17-20H2,1-4H3. The van der Waals surface area contributed by atoms with Crippen molar-refractivity contribution in [1.82, 2.24) is 39.9 Å². The second kappa shape index (κ2) is 25.8. The van der Waals surface area contributed by atoms with Crippen molar-refractivity contribution in [3.8, 4) is 23.0 Å². The van der Waals surface area contributed by atoms with Crippen molar-refractivity contribution in [3.05, 3.63) is 181 Å². The van der Waals surface area contributed by atoms with Crippen LogP contribution in [0.1, 0.15) is 101 Å². The Bertz CT molecular complexity index is 3560. The lowest BCUT2D eigenvalue weighted by atomic mass is 10.0. The number of hydrogen-bond donors (Lipinski definition) is 4. The first-order chi connectivity index (χ1) is 38.1. The maximum absolute atomic E-state index is 12.0. The van der Waals surface area contributed by atoms with Gasteiger partial charge in [-0.1, -0.05) is 77.6 Å². The number of benzene rings is 7. The largest absolute Gasteiger partial charge is 0.507 e. The number of phenols is 4. The number of aromatic nitrogens is 8. The summed E-state index contributed by atoms with van der Waals surface area (Å²) in [7, 11) is 0. The first-order valence-electron chi connectivity index (χ1n) is 27.2. The van der Waals surface area contributed by atoms with Gasteiger partial charge in [0.1, 0.15) is 23.0 Å². The topological polar surface area (TPSA) is 184 Å². The summed E-state index contributed by atoms with van der Waals surface area (Å²) in [5.41, 5.74) is 7.91. The molecular formula is C66H66N8O4. The predicted octanol–water partition coefficient (Wildman–Crippen LogP) is 15.9. The van der Waals surface area contributed by atoms with Gasteiger partial charge >= 0.3 is 0 Å². The van der Waals surface area contributed by atoms with Gasteiger partial charge < -0.3 is 20.4 Å². The van der Waals surface area contributed by atoms with Crippen molar-refractivity contribution < 1.29 is 20.4 Å². The molecule has 0 radical (unpaired) electrons. The minimum absolute atomic E-state index is 0.000173. The molecular weight excluding hydrogens is 969 g/mol. The Kier molecular flexibility index (Phi) is 17.8. The third kappa shape index (κ3) is 13.2. The maximum atomic E-state index is 12.0. The highest BCUT2D eigenvalue weighted by Gasteiger charge is 2.09. The minimum atomic E-state index is 0.000173. The van der Waals surface area contributed by atoms with Crippen LogP contribution in [0.15, 0.2) is 159 Å². The van der Waals surface area contributed by atoms with Gasteiger partial charge in [-0.05, 0) is 159 Å². The molecule has 0 amide bonds. The molecule has 0 fully saturated rings. The Hall–Kier alpha value is -8.90. The van der Waals surface area contributed by atoms with E-state index in [0.29, 0.717) is 87.2 Å². The normalized spacial score (nSPS) is 11.1. The van der Waals surface area contributed by atoms with E-state index in [1.54, 1.807) is 61.7 Å². The van der Waals surface area contributed by atoms with E-state index >= 15 is 0 Å². The van der Waals surface area contributed by atoms with Crippen molar-refractivity contribution in [2.75, 3.05) is 0 Å². The van der Waals surface area contributed by atoms with Crippen LogP contribution >= 0.6 is 0 Å². The van der Waals surface area contributed by atoms with Crippen LogP contribution in [0.4, 0.5) is 0 Å². The van der Waals surface area contributed by atoms with Crippen LogP contribution in [0.3, 0.4) is 0 Å². The second-order valence-corrected chi connectivity index (χ2v) is 19.8. The average molecular weight is 1040 g/mol. The molecule has 12 nitrogen and oxygen atoms in total. The van der Waals surface area contributed by atoms with E-state index in [1.165, 1.54) is 0 Å². The van der Waals surface area contributed by atoms with Crippen LogP contribution in [0.5, 0.6) is 23.0 Å². The lowest BCUT2D eigenvalue weighted by Crippen LogP contribution is -1.88. The van der Waals surface area contributed by atoms with Crippen molar-refractivity contribution in [2.45, 2.75) is 105 Å². The van der Waals surface area contributed by atoms with Crippen LogP contribution in [-0.4, -0.2) is 60.3 Å². The summed E-state index contributed by atoms with van der Waals surface area (Å²) in [6.45, 7) is 8.58. The zero-order valence-electron chi connectivity index (χ0n) is 44.9. The van der Waals surface area contributed by atoms with Gasteiger partial charge in [0.2, 0.25) is 0 Å². The molecule has 9 aromatic rings. The number of aromatic hydroxyl groups is 4.